The largest absolute Gasteiger partial charge is 0.336 e. The average molecular weight is 401 g/mol. The topological polar surface area (TPSA) is 91.4 Å². The molecule has 0 atom stereocenters. The van der Waals surface area contributed by atoms with Crippen LogP contribution in [0.5, 0.6) is 0 Å². The first-order chi connectivity index (χ1) is 11.9. The molecule has 2 amide bonds. The molecule has 2 N–H and O–H groups in total. The van der Waals surface area contributed by atoms with Gasteiger partial charge in [-0.1, -0.05) is 17.7 Å². The van der Waals surface area contributed by atoms with E-state index in [0.29, 0.717) is 41.8 Å². The summed E-state index contributed by atoms with van der Waals surface area (Å²) in [4.78, 5) is 17.6. The van der Waals surface area contributed by atoms with Crippen LogP contribution in [0.2, 0.25) is 5.02 Å². The normalized spacial score (nSPS) is 14.6. The van der Waals surface area contributed by atoms with Gasteiger partial charge in [0.2, 0.25) is 0 Å². The molecule has 1 aromatic carbocycles. The van der Waals surface area contributed by atoms with E-state index in [1.807, 2.05) is 0 Å². The van der Waals surface area contributed by atoms with Crippen LogP contribution >= 0.6 is 22.9 Å². The highest BCUT2D eigenvalue weighted by atomic mass is 35.5. The Bertz CT molecular complexity index is 898. The summed E-state index contributed by atoms with van der Waals surface area (Å²) in [6.45, 7) is 3.54. The SMILES string of the molecule is Cc1c(Cl)cccc1S(=O)(=O)Nc1nc(CCN2CCNC2=O)cs1. The van der Waals surface area contributed by atoms with Gasteiger partial charge >= 0.3 is 6.03 Å². The van der Waals surface area contributed by atoms with E-state index in [1.165, 1.54) is 17.4 Å². The Balaban J connectivity index is 1.68. The van der Waals surface area contributed by atoms with E-state index in [2.05, 4.69) is 15.0 Å². The Hall–Kier alpha value is -1.84. The number of hydrogen-bond acceptors (Lipinski definition) is 5. The van der Waals surface area contributed by atoms with Gasteiger partial charge in [-0.2, -0.15) is 0 Å². The highest BCUT2D eigenvalue weighted by Crippen LogP contribution is 2.26. The summed E-state index contributed by atoms with van der Waals surface area (Å²) in [5, 5.41) is 5.21. The van der Waals surface area contributed by atoms with Gasteiger partial charge in [-0.15, -0.1) is 11.3 Å². The van der Waals surface area contributed by atoms with E-state index in [9.17, 15) is 13.2 Å². The number of amides is 2. The van der Waals surface area contributed by atoms with E-state index in [0.717, 1.165) is 5.69 Å². The molecule has 0 aliphatic carbocycles. The smallest absolute Gasteiger partial charge is 0.317 e. The van der Waals surface area contributed by atoms with E-state index in [-0.39, 0.29) is 10.9 Å². The van der Waals surface area contributed by atoms with Gasteiger partial charge in [0.05, 0.1) is 10.6 Å². The number of carbonyl (C=O) groups is 1. The second-order valence-corrected chi connectivity index (χ2v) is 8.50. The number of sulfonamides is 1. The summed E-state index contributed by atoms with van der Waals surface area (Å²) in [6, 6.07) is 4.67. The predicted molar refractivity (Wildman–Crippen MR) is 97.8 cm³/mol. The van der Waals surface area contributed by atoms with Crippen molar-refractivity contribution in [1.82, 2.24) is 15.2 Å². The van der Waals surface area contributed by atoms with Crippen molar-refractivity contribution in [2.45, 2.75) is 18.2 Å². The highest BCUT2D eigenvalue weighted by molar-refractivity contribution is 7.93. The van der Waals surface area contributed by atoms with Crippen molar-refractivity contribution in [2.75, 3.05) is 24.4 Å². The molecule has 0 spiro atoms. The third-order valence-electron chi connectivity index (χ3n) is 3.86. The number of anilines is 1. The first-order valence-electron chi connectivity index (χ1n) is 7.62. The molecule has 2 heterocycles. The third kappa shape index (κ3) is 4.05. The van der Waals surface area contributed by atoms with Crippen LogP contribution in [0.15, 0.2) is 28.5 Å². The lowest BCUT2D eigenvalue weighted by molar-refractivity contribution is 0.218. The number of nitrogens with zero attached hydrogens (tertiary/aromatic N) is 2. The maximum absolute atomic E-state index is 12.5. The number of urea groups is 1. The molecule has 134 valence electrons. The van der Waals surface area contributed by atoms with Crippen molar-refractivity contribution < 1.29 is 13.2 Å². The Kier molecular flexibility index (Phi) is 5.16. The first-order valence-corrected chi connectivity index (χ1v) is 10.4. The molecular weight excluding hydrogens is 384 g/mol. The lowest BCUT2D eigenvalue weighted by Crippen LogP contribution is -2.30. The summed E-state index contributed by atoms with van der Waals surface area (Å²) in [5.41, 5.74) is 1.23. The van der Waals surface area contributed by atoms with Crippen LogP contribution in [0, 0.1) is 6.92 Å². The molecule has 0 radical (unpaired) electrons. The zero-order valence-corrected chi connectivity index (χ0v) is 15.8. The van der Waals surface area contributed by atoms with Crippen molar-refractivity contribution in [1.29, 1.82) is 0 Å². The van der Waals surface area contributed by atoms with Gasteiger partial charge in [-0.25, -0.2) is 18.2 Å². The Labute approximate surface area is 155 Å². The number of aromatic nitrogens is 1. The van der Waals surface area contributed by atoms with Gasteiger partial charge in [-0.05, 0) is 24.6 Å². The monoisotopic (exact) mass is 400 g/mol. The second kappa shape index (κ2) is 7.19. The number of carbonyl (C=O) groups excluding carboxylic acids is 1. The van der Waals surface area contributed by atoms with Crippen molar-refractivity contribution >= 4 is 44.1 Å². The number of hydrogen-bond donors (Lipinski definition) is 2. The second-order valence-electron chi connectivity index (χ2n) is 5.58. The Morgan fingerprint density at radius 3 is 2.96 bits per heavy atom. The molecule has 1 aliphatic rings. The molecule has 3 rings (SSSR count). The molecular formula is C15H17ClN4O3S2. The van der Waals surface area contributed by atoms with Gasteiger partial charge < -0.3 is 10.2 Å². The molecule has 2 aromatic rings. The highest BCUT2D eigenvalue weighted by Gasteiger charge is 2.21. The summed E-state index contributed by atoms with van der Waals surface area (Å²) in [6.07, 6.45) is 0.571. The molecule has 10 heteroatoms. The third-order valence-corrected chi connectivity index (χ3v) is 6.69. The maximum Gasteiger partial charge on any atom is 0.317 e. The molecule has 1 fully saturated rings. The van der Waals surface area contributed by atoms with Crippen LogP contribution in [0.1, 0.15) is 11.3 Å². The minimum absolute atomic E-state index is 0.0763. The Morgan fingerprint density at radius 1 is 1.44 bits per heavy atom. The molecule has 25 heavy (non-hydrogen) atoms. The van der Waals surface area contributed by atoms with Crippen LogP contribution < -0.4 is 10.0 Å². The molecule has 0 bridgehead atoms. The fourth-order valence-corrected chi connectivity index (χ4v) is 4.99. The van der Waals surface area contributed by atoms with Crippen molar-refractivity contribution in [3.05, 3.63) is 39.9 Å². The number of benzene rings is 1. The van der Waals surface area contributed by atoms with Crippen molar-refractivity contribution in [3.63, 3.8) is 0 Å². The number of rotatable bonds is 6. The van der Waals surface area contributed by atoms with Crippen LogP contribution in [-0.4, -0.2) is 44.0 Å². The molecule has 7 nitrogen and oxygen atoms in total. The zero-order chi connectivity index (χ0) is 18.0. The van der Waals surface area contributed by atoms with Crippen molar-refractivity contribution in [2.24, 2.45) is 0 Å². The lowest BCUT2D eigenvalue weighted by Gasteiger charge is -2.12. The number of nitrogens with one attached hydrogen (secondary N) is 2. The number of thiazole rings is 1. The van der Waals surface area contributed by atoms with Crippen LogP contribution in [-0.2, 0) is 16.4 Å². The minimum Gasteiger partial charge on any atom is -0.336 e. The van der Waals surface area contributed by atoms with E-state index < -0.39 is 10.0 Å². The quantitative estimate of drug-likeness (QED) is 0.779. The molecule has 1 saturated heterocycles. The van der Waals surface area contributed by atoms with E-state index >= 15 is 0 Å². The maximum atomic E-state index is 12.5. The average Bonchev–Trinajstić information content (AvgIpc) is 3.16. The van der Waals surface area contributed by atoms with Gasteiger partial charge in [0.25, 0.3) is 10.0 Å². The molecule has 1 aliphatic heterocycles. The van der Waals surface area contributed by atoms with Gasteiger partial charge in [0.15, 0.2) is 5.13 Å². The first kappa shape index (κ1) is 18.0. The van der Waals surface area contributed by atoms with Gasteiger partial charge in [0.1, 0.15) is 0 Å². The molecule has 0 unspecified atom stereocenters. The fourth-order valence-electron chi connectivity index (χ4n) is 2.49. The summed E-state index contributed by atoms with van der Waals surface area (Å²) in [7, 11) is -3.75. The minimum atomic E-state index is -3.75. The summed E-state index contributed by atoms with van der Waals surface area (Å²) < 4.78 is 27.5. The molecule has 0 saturated carbocycles. The zero-order valence-electron chi connectivity index (χ0n) is 13.5. The van der Waals surface area contributed by atoms with Crippen molar-refractivity contribution in [3.8, 4) is 0 Å². The Morgan fingerprint density at radius 2 is 2.24 bits per heavy atom. The van der Waals surface area contributed by atoms with Gasteiger partial charge in [-0.3, -0.25) is 4.72 Å². The van der Waals surface area contributed by atoms with E-state index in [1.54, 1.807) is 29.3 Å². The van der Waals surface area contributed by atoms with Crippen LogP contribution in [0.25, 0.3) is 0 Å². The standard InChI is InChI=1S/C15H17ClN4O3S2/c1-10-12(16)3-2-4-13(10)25(22,23)19-14-18-11(9-24-14)5-7-20-8-6-17-15(20)21/h2-4,9H,5-8H2,1H3,(H,17,21)(H,18,19). The lowest BCUT2D eigenvalue weighted by atomic mass is 10.2. The summed E-state index contributed by atoms with van der Waals surface area (Å²) >= 11 is 7.21. The van der Waals surface area contributed by atoms with Crippen LogP contribution in [0.4, 0.5) is 9.93 Å². The van der Waals surface area contributed by atoms with Crippen LogP contribution in [0.3, 0.4) is 0 Å². The summed E-state index contributed by atoms with van der Waals surface area (Å²) in [5.74, 6) is 0. The van der Waals surface area contributed by atoms with E-state index in [4.69, 9.17) is 11.6 Å². The van der Waals surface area contributed by atoms with Gasteiger partial charge in [0, 0.05) is 36.5 Å². The molecule has 1 aromatic heterocycles. The predicted octanol–water partition coefficient (Wildman–Crippen LogP) is 2.47. The number of halogens is 1. The fraction of sp³-hybridized carbons (Fsp3) is 0.333.